The maximum absolute atomic E-state index is 11.3. The van der Waals surface area contributed by atoms with E-state index in [0.717, 1.165) is 19.3 Å². The van der Waals surface area contributed by atoms with Crippen molar-refractivity contribution in [2.75, 3.05) is 20.2 Å². The second kappa shape index (κ2) is 10.3. The van der Waals surface area contributed by atoms with E-state index in [2.05, 4.69) is 15.3 Å². The summed E-state index contributed by atoms with van der Waals surface area (Å²) < 4.78 is 5.04. The third-order valence-corrected chi connectivity index (χ3v) is 2.25. The van der Waals surface area contributed by atoms with Gasteiger partial charge in [0.15, 0.2) is 0 Å². The Morgan fingerprint density at radius 2 is 2.31 bits per heavy atom. The molecule has 6 heteroatoms. The van der Waals surface area contributed by atoms with Crippen LogP contribution >= 0.6 is 0 Å². The van der Waals surface area contributed by atoms with E-state index in [1.54, 1.807) is 7.11 Å². The Kier molecular flexibility index (Phi) is 9.46. The number of rotatable bonds is 9. The van der Waals surface area contributed by atoms with Gasteiger partial charge in [-0.15, -0.1) is 0 Å². The third-order valence-electron chi connectivity index (χ3n) is 2.25. The van der Waals surface area contributed by atoms with Crippen molar-refractivity contribution in [3.05, 3.63) is 10.4 Å². The number of carbonyl (C=O) groups is 1. The molecule has 92 valence electrons. The summed E-state index contributed by atoms with van der Waals surface area (Å²) in [5, 5.41) is 6.22. The first-order chi connectivity index (χ1) is 7.70. The van der Waals surface area contributed by atoms with Gasteiger partial charge in [-0.1, -0.05) is 5.11 Å². The Labute approximate surface area is 96.0 Å². The van der Waals surface area contributed by atoms with Gasteiger partial charge in [0.05, 0.1) is 6.10 Å². The molecule has 0 saturated carbocycles. The molecule has 0 fully saturated rings. The Balaban J connectivity index is 3.33. The van der Waals surface area contributed by atoms with Gasteiger partial charge in [0.1, 0.15) is 0 Å². The lowest BCUT2D eigenvalue weighted by Gasteiger charge is -2.09. The molecule has 16 heavy (non-hydrogen) atoms. The smallest absolute Gasteiger partial charge is 0.220 e. The van der Waals surface area contributed by atoms with Crippen LogP contribution in [-0.2, 0) is 9.53 Å². The predicted octanol–water partition coefficient (Wildman–Crippen LogP) is 2.01. The quantitative estimate of drug-likeness (QED) is 0.283. The monoisotopic (exact) mass is 228 g/mol. The zero-order valence-electron chi connectivity index (χ0n) is 9.98. The minimum Gasteiger partial charge on any atom is -0.382 e. The van der Waals surface area contributed by atoms with Crippen LogP contribution in [0.5, 0.6) is 0 Å². The zero-order valence-corrected chi connectivity index (χ0v) is 9.98. The van der Waals surface area contributed by atoms with Gasteiger partial charge in [0.25, 0.3) is 0 Å². The fourth-order valence-corrected chi connectivity index (χ4v) is 1.12. The molecule has 1 amide bonds. The van der Waals surface area contributed by atoms with Crippen LogP contribution in [0.2, 0.25) is 0 Å². The molecule has 0 aromatic carbocycles. The second-order valence-corrected chi connectivity index (χ2v) is 3.60. The Morgan fingerprint density at radius 3 is 2.94 bits per heavy atom. The standard InChI is InChI=1S/C10H20N4O2/c1-9(16-2)5-6-10(15)12-7-3-4-8-13-14-11/h9H,3-8H2,1-2H3,(H,12,15). The summed E-state index contributed by atoms with van der Waals surface area (Å²) in [5.41, 5.74) is 8.03. The summed E-state index contributed by atoms with van der Waals surface area (Å²) in [6.07, 6.45) is 2.99. The number of hydrogen-bond donors (Lipinski definition) is 1. The molecule has 0 aliphatic rings. The van der Waals surface area contributed by atoms with Gasteiger partial charge < -0.3 is 10.1 Å². The highest BCUT2D eigenvalue weighted by Crippen LogP contribution is 1.99. The zero-order chi connectivity index (χ0) is 12.2. The number of unbranched alkanes of at least 4 members (excludes halogenated alkanes) is 1. The van der Waals surface area contributed by atoms with Crippen molar-refractivity contribution in [1.29, 1.82) is 0 Å². The van der Waals surface area contributed by atoms with Gasteiger partial charge >= 0.3 is 0 Å². The van der Waals surface area contributed by atoms with Crippen molar-refractivity contribution in [2.45, 2.75) is 38.7 Å². The van der Waals surface area contributed by atoms with Gasteiger partial charge in [-0.25, -0.2) is 0 Å². The summed E-state index contributed by atoms with van der Waals surface area (Å²) in [4.78, 5) is 14.0. The molecule has 6 nitrogen and oxygen atoms in total. The number of ether oxygens (including phenoxy) is 1. The van der Waals surface area contributed by atoms with Crippen molar-refractivity contribution in [3.63, 3.8) is 0 Å². The summed E-state index contributed by atoms with van der Waals surface area (Å²) in [5.74, 6) is 0.0488. The number of methoxy groups -OCH3 is 1. The maximum Gasteiger partial charge on any atom is 0.220 e. The average molecular weight is 228 g/mol. The Morgan fingerprint density at radius 1 is 1.56 bits per heavy atom. The first-order valence-electron chi connectivity index (χ1n) is 5.51. The minimum atomic E-state index is 0.0488. The third kappa shape index (κ3) is 9.30. The highest BCUT2D eigenvalue weighted by atomic mass is 16.5. The van der Waals surface area contributed by atoms with Gasteiger partial charge in [0, 0.05) is 31.5 Å². The average Bonchev–Trinajstić information content (AvgIpc) is 2.30. The molecule has 0 saturated heterocycles. The van der Waals surface area contributed by atoms with E-state index < -0.39 is 0 Å². The molecule has 0 heterocycles. The van der Waals surface area contributed by atoms with Crippen LogP contribution in [-0.4, -0.2) is 32.2 Å². The molecule has 0 aromatic rings. The van der Waals surface area contributed by atoms with Gasteiger partial charge in [0.2, 0.25) is 5.91 Å². The van der Waals surface area contributed by atoms with Gasteiger partial charge in [-0.2, -0.15) is 0 Å². The van der Waals surface area contributed by atoms with Gasteiger partial charge in [-0.3, -0.25) is 4.79 Å². The first kappa shape index (κ1) is 14.7. The number of nitrogens with one attached hydrogen (secondary N) is 1. The molecule has 0 rings (SSSR count). The van der Waals surface area contributed by atoms with E-state index in [4.69, 9.17) is 10.3 Å². The number of carbonyl (C=O) groups excluding carboxylic acids is 1. The highest BCUT2D eigenvalue weighted by Gasteiger charge is 2.04. The van der Waals surface area contributed by atoms with Crippen LogP contribution in [0.1, 0.15) is 32.6 Å². The predicted molar refractivity (Wildman–Crippen MR) is 62.0 cm³/mol. The van der Waals surface area contributed by atoms with Crippen molar-refractivity contribution in [3.8, 4) is 0 Å². The molecule has 0 aromatic heterocycles. The van der Waals surface area contributed by atoms with E-state index in [0.29, 0.717) is 19.5 Å². The molecular formula is C10H20N4O2. The largest absolute Gasteiger partial charge is 0.382 e. The lowest BCUT2D eigenvalue weighted by molar-refractivity contribution is -0.121. The van der Waals surface area contributed by atoms with Crippen LogP contribution in [0.25, 0.3) is 10.4 Å². The minimum absolute atomic E-state index is 0.0488. The number of hydrogen-bond acceptors (Lipinski definition) is 3. The second-order valence-electron chi connectivity index (χ2n) is 3.60. The molecule has 0 radical (unpaired) electrons. The summed E-state index contributed by atoms with van der Waals surface area (Å²) in [6.45, 7) is 3.07. The fourth-order valence-electron chi connectivity index (χ4n) is 1.12. The van der Waals surface area contributed by atoms with Crippen molar-refractivity contribution < 1.29 is 9.53 Å². The van der Waals surface area contributed by atoms with E-state index in [1.807, 2.05) is 6.92 Å². The van der Waals surface area contributed by atoms with Crippen molar-refractivity contribution in [2.24, 2.45) is 5.11 Å². The van der Waals surface area contributed by atoms with Gasteiger partial charge in [-0.05, 0) is 31.7 Å². The highest BCUT2D eigenvalue weighted by molar-refractivity contribution is 5.75. The lowest BCUT2D eigenvalue weighted by Crippen LogP contribution is -2.25. The van der Waals surface area contributed by atoms with Crippen LogP contribution in [0.3, 0.4) is 0 Å². The van der Waals surface area contributed by atoms with Crippen molar-refractivity contribution in [1.82, 2.24) is 5.32 Å². The van der Waals surface area contributed by atoms with Crippen LogP contribution in [0, 0.1) is 0 Å². The SMILES string of the molecule is COC(C)CCC(=O)NCCCCN=[N+]=[N-]. The topological polar surface area (TPSA) is 87.1 Å². The Hall–Kier alpha value is -1.26. The molecule has 0 spiro atoms. The lowest BCUT2D eigenvalue weighted by atomic mass is 10.2. The van der Waals surface area contributed by atoms with Crippen molar-refractivity contribution >= 4 is 5.91 Å². The molecule has 1 unspecified atom stereocenters. The molecule has 0 bridgehead atoms. The summed E-state index contributed by atoms with van der Waals surface area (Å²) in [7, 11) is 1.64. The normalized spacial score (nSPS) is 11.6. The van der Waals surface area contributed by atoms with E-state index >= 15 is 0 Å². The molecule has 0 aliphatic carbocycles. The molecule has 1 N–H and O–H groups in total. The van der Waals surface area contributed by atoms with E-state index in [9.17, 15) is 4.79 Å². The first-order valence-corrected chi connectivity index (χ1v) is 5.51. The number of amides is 1. The number of azide groups is 1. The fraction of sp³-hybridized carbons (Fsp3) is 0.900. The van der Waals surface area contributed by atoms with Crippen LogP contribution < -0.4 is 5.32 Å². The van der Waals surface area contributed by atoms with Crippen LogP contribution in [0.15, 0.2) is 5.11 Å². The summed E-state index contributed by atoms with van der Waals surface area (Å²) >= 11 is 0. The summed E-state index contributed by atoms with van der Waals surface area (Å²) in [6, 6.07) is 0. The van der Waals surface area contributed by atoms with E-state index in [1.165, 1.54) is 0 Å². The Bertz CT molecular complexity index is 239. The molecule has 1 atom stereocenters. The molecular weight excluding hydrogens is 208 g/mol. The van der Waals surface area contributed by atoms with Crippen LogP contribution in [0.4, 0.5) is 0 Å². The number of nitrogens with zero attached hydrogens (tertiary/aromatic N) is 3. The molecule has 0 aliphatic heterocycles. The van der Waals surface area contributed by atoms with E-state index in [-0.39, 0.29) is 12.0 Å². The maximum atomic E-state index is 11.3.